The molecule has 0 bridgehead atoms. The average molecular weight is 294 g/mol. The molecule has 20 heavy (non-hydrogen) atoms. The molecule has 5 nitrogen and oxygen atoms in total. The summed E-state index contributed by atoms with van der Waals surface area (Å²) < 4.78 is 1.82. The molecule has 0 aliphatic heterocycles. The van der Waals surface area contributed by atoms with Gasteiger partial charge in [0.2, 0.25) is 0 Å². The zero-order valence-electron chi connectivity index (χ0n) is 12.0. The van der Waals surface area contributed by atoms with Crippen molar-refractivity contribution in [3.05, 3.63) is 23.2 Å². The number of nitrogens with two attached hydrogens (primary N) is 1. The third-order valence-corrected chi connectivity index (χ3v) is 3.70. The fourth-order valence-corrected chi connectivity index (χ4v) is 2.27. The van der Waals surface area contributed by atoms with Gasteiger partial charge in [-0.15, -0.1) is 5.10 Å². The summed E-state index contributed by atoms with van der Waals surface area (Å²) in [4.78, 5) is 0. The van der Waals surface area contributed by atoms with E-state index in [0.29, 0.717) is 22.5 Å². The summed E-state index contributed by atoms with van der Waals surface area (Å²) in [5.41, 5.74) is 7.32. The first-order valence-electron chi connectivity index (χ1n) is 6.83. The van der Waals surface area contributed by atoms with Gasteiger partial charge in [-0.25, -0.2) is 4.68 Å². The lowest BCUT2D eigenvalue weighted by molar-refractivity contribution is 0.406. The van der Waals surface area contributed by atoms with E-state index in [1.807, 2.05) is 16.8 Å². The van der Waals surface area contributed by atoms with Crippen LogP contribution in [0, 0.1) is 5.92 Å². The molecule has 108 valence electrons. The highest BCUT2D eigenvalue weighted by Gasteiger charge is 2.17. The first-order valence-corrected chi connectivity index (χ1v) is 7.20. The Kier molecular flexibility index (Phi) is 4.60. The molecule has 0 spiro atoms. The first-order chi connectivity index (χ1) is 9.50. The van der Waals surface area contributed by atoms with Crippen molar-refractivity contribution in [2.75, 3.05) is 5.73 Å². The molecule has 1 aromatic heterocycles. The minimum atomic E-state index is 0.223. The predicted octanol–water partition coefficient (Wildman–Crippen LogP) is 3.57. The van der Waals surface area contributed by atoms with Gasteiger partial charge in [0, 0.05) is 5.56 Å². The van der Waals surface area contributed by atoms with Crippen LogP contribution >= 0.6 is 11.6 Å². The van der Waals surface area contributed by atoms with Gasteiger partial charge in [-0.1, -0.05) is 31.5 Å². The predicted molar refractivity (Wildman–Crippen MR) is 81.5 cm³/mol. The summed E-state index contributed by atoms with van der Waals surface area (Å²) in [7, 11) is 0. The fraction of sp³-hybridized carbons (Fsp3) is 0.500. The second-order valence-corrected chi connectivity index (χ2v) is 5.88. The largest absolute Gasteiger partial charge is 0.397 e. The van der Waals surface area contributed by atoms with E-state index in [2.05, 4.69) is 36.3 Å². The van der Waals surface area contributed by atoms with Crippen molar-refractivity contribution in [2.24, 2.45) is 5.92 Å². The Morgan fingerprint density at radius 2 is 2.00 bits per heavy atom. The second-order valence-electron chi connectivity index (χ2n) is 5.47. The van der Waals surface area contributed by atoms with Crippen molar-refractivity contribution in [2.45, 2.75) is 39.7 Å². The van der Waals surface area contributed by atoms with Gasteiger partial charge < -0.3 is 5.73 Å². The molecule has 2 N–H and O–H groups in total. The molecule has 0 aliphatic rings. The van der Waals surface area contributed by atoms with Gasteiger partial charge in [0.25, 0.3) is 0 Å². The summed E-state index contributed by atoms with van der Waals surface area (Å²) >= 11 is 6.06. The van der Waals surface area contributed by atoms with E-state index in [9.17, 15) is 0 Å². The maximum absolute atomic E-state index is 6.06. The number of hydrogen-bond acceptors (Lipinski definition) is 4. The molecule has 0 amide bonds. The number of nitrogens with zero attached hydrogens (tertiary/aromatic N) is 4. The number of aromatic nitrogens is 4. The molecule has 0 radical (unpaired) electrons. The summed E-state index contributed by atoms with van der Waals surface area (Å²) in [6, 6.07) is 5.72. The normalized spacial score (nSPS) is 12.8. The van der Waals surface area contributed by atoms with Crippen LogP contribution in [0.5, 0.6) is 0 Å². The van der Waals surface area contributed by atoms with E-state index in [1.54, 1.807) is 6.07 Å². The second kappa shape index (κ2) is 6.22. The minimum Gasteiger partial charge on any atom is -0.397 e. The van der Waals surface area contributed by atoms with Gasteiger partial charge in [0.05, 0.1) is 16.8 Å². The molecule has 0 saturated carbocycles. The van der Waals surface area contributed by atoms with Crippen molar-refractivity contribution in [1.82, 2.24) is 20.2 Å². The lowest BCUT2D eigenvalue weighted by Crippen LogP contribution is -2.10. The molecule has 1 aromatic carbocycles. The van der Waals surface area contributed by atoms with Gasteiger partial charge >= 0.3 is 0 Å². The number of rotatable bonds is 5. The third-order valence-electron chi connectivity index (χ3n) is 3.37. The van der Waals surface area contributed by atoms with Crippen LogP contribution in [0.2, 0.25) is 5.02 Å². The molecule has 1 atom stereocenters. The SMILES string of the molecule is CC(C)CCC(C)n1nnnc1-c1cccc(Cl)c1N. The number of hydrogen-bond donors (Lipinski definition) is 1. The van der Waals surface area contributed by atoms with Gasteiger partial charge in [-0.2, -0.15) is 0 Å². The van der Waals surface area contributed by atoms with Crippen molar-refractivity contribution in [1.29, 1.82) is 0 Å². The van der Waals surface area contributed by atoms with Crippen molar-refractivity contribution in [3.8, 4) is 11.4 Å². The zero-order valence-corrected chi connectivity index (χ0v) is 12.8. The monoisotopic (exact) mass is 293 g/mol. The molecule has 0 saturated heterocycles. The van der Waals surface area contributed by atoms with E-state index in [-0.39, 0.29) is 6.04 Å². The number of halogens is 1. The number of para-hydroxylation sites is 1. The van der Waals surface area contributed by atoms with Crippen LogP contribution in [0.3, 0.4) is 0 Å². The lowest BCUT2D eigenvalue weighted by atomic mass is 10.0. The van der Waals surface area contributed by atoms with E-state index in [0.717, 1.165) is 18.4 Å². The van der Waals surface area contributed by atoms with Crippen LogP contribution in [-0.2, 0) is 0 Å². The van der Waals surface area contributed by atoms with Crippen LogP contribution in [0.15, 0.2) is 18.2 Å². The summed E-state index contributed by atoms with van der Waals surface area (Å²) in [5.74, 6) is 1.33. The van der Waals surface area contributed by atoms with E-state index >= 15 is 0 Å². The summed E-state index contributed by atoms with van der Waals surface area (Å²) in [5, 5.41) is 12.5. The van der Waals surface area contributed by atoms with Crippen LogP contribution < -0.4 is 5.73 Å². The Labute approximate surface area is 124 Å². The molecular weight excluding hydrogens is 274 g/mol. The summed E-state index contributed by atoms with van der Waals surface area (Å²) in [6.45, 7) is 6.54. The number of nitrogen functional groups attached to an aromatic ring is 1. The lowest BCUT2D eigenvalue weighted by Gasteiger charge is -2.15. The van der Waals surface area contributed by atoms with E-state index in [1.165, 1.54) is 0 Å². The molecule has 6 heteroatoms. The van der Waals surface area contributed by atoms with Gasteiger partial charge in [-0.05, 0) is 48.2 Å². The highest BCUT2D eigenvalue weighted by molar-refractivity contribution is 6.33. The van der Waals surface area contributed by atoms with Gasteiger partial charge in [0.15, 0.2) is 5.82 Å². The molecule has 0 aliphatic carbocycles. The van der Waals surface area contributed by atoms with Crippen LogP contribution in [0.1, 0.15) is 39.7 Å². The molecule has 0 fully saturated rings. The smallest absolute Gasteiger partial charge is 0.184 e. The first kappa shape index (κ1) is 14.8. The van der Waals surface area contributed by atoms with Crippen LogP contribution in [0.25, 0.3) is 11.4 Å². The maximum Gasteiger partial charge on any atom is 0.184 e. The topological polar surface area (TPSA) is 69.6 Å². The van der Waals surface area contributed by atoms with Crippen molar-refractivity contribution >= 4 is 17.3 Å². The standard InChI is InChI=1S/C14H20ClN5/c1-9(2)7-8-10(3)20-14(17-18-19-20)11-5-4-6-12(15)13(11)16/h4-6,9-10H,7-8,16H2,1-3H3. The third kappa shape index (κ3) is 3.10. The highest BCUT2D eigenvalue weighted by Crippen LogP contribution is 2.31. The molecule has 1 unspecified atom stereocenters. The Morgan fingerprint density at radius 3 is 2.70 bits per heavy atom. The minimum absolute atomic E-state index is 0.223. The quantitative estimate of drug-likeness (QED) is 0.856. The van der Waals surface area contributed by atoms with Crippen molar-refractivity contribution in [3.63, 3.8) is 0 Å². The molecular formula is C14H20ClN5. The Hall–Kier alpha value is -1.62. The van der Waals surface area contributed by atoms with Crippen LogP contribution in [-0.4, -0.2) is 20.2 Å². The number of anilines is 1. The Bertz CT molecular complexity index is 579. The molecule has 2 aromatic rings. The average Bonchev–Trinajstić information content (AvgIpc) is 2.88. The van der Waals surface area contributed by atoms with E-state index in [4.69, 9.17) is 17.3 Å². The fourth-order valence-electron chi connectivity index (χ4n) is 2.10. The molecule has 1 heterocycles. The number of tetrazole rings is 1. The maximum atomic E-state index is 6.06. The molecule has 2 rings (SSSR count). The summed E-state index contributed by atoms with van der Waals surface area (Å²) in [6.07, 6.45) is 2.15. The zero-order chi connectivity index (χ0) is 14.7. The Balaban J connectivity index is 2.30. The van der Waals surface area contributed by atoms with E-state index < -0.39 is 0 Å². The number of benzene rings is 1. The van der Waals surface area contributed by atoms with Crippen LogP contribution in [0.4, 0.5) is 5.69 Å². The van der Waals surface area contributed by atoms with Crippen molar-refractivity contribution < 1.29 is 0 Å². The van der Waals surface area contributed by atoms with Gasteiger partial charge in [-0.3, -0.25) is 0 Å². The Morgan fingerprint density at radius 1 is 1.25 bits per heavy atom. The highest BCUT2D eigenvalue weighted by atomic mass is 35.5. The van der Waals surface area contributed by atoms with Gasteiger partial charge in [0.1, 0.15) is 0 Å².